The molecule has 0 aliphatic carbocycles. The van der Waals surface area contributed by atoms with E-state index < -0.39 is 0 Å². The number of aromatic amines is 1. The first-order chi connectivity index (χ1) is 13.9. The summed E-state index contributed by atoms with van der Waals surface area (Å²) in [5.41, 5.74) is 5.48. The Labute approximate surface area is 168 Å². The quantitative estimate of drug-likeness (QED) is 0.582. The van der Waals surface area contributed by atoms with E-state index in [1.54, 1.807) is 36.1 Å². The van der Waals surface area contributed by atoms with Crippen LogP contribution in [-0.2, 0) is 4.74 Å². The van der Waals surface area contributed by atoms with E-state index in [0.29, 0.717) is 29.3 Å². The second-order valence-corrected chi connectivity index (χ2v) is 7.06. The molecular formula is C22H22N4O3. The largest absolute Gasteiger partial charge is 0.509 e. The summed E-state index contributed by atoms with van der Waals surface area (Å²) in [7, 11) is 0. The summed E-state index contributed by atoms with van der Waals surface area (Å²) in [4.78, 5) is 21.3. The van der Waals surface area contributed by atoms with Gasteiger partial charge in [0.15, 0.2) is 0 Å². The minimum absolute atomic E-state index is 0.0805. The number of anilines is 1. The second kappa shape index (κ2) is 7.09. The van der Waals surface area contributed by atoms with Gasteiger partial charge in [0.2, 0.25) is 0 Å². The molecule has 0 spiro atoms. The third kappa shape index (κ3) is 3.24. The lowest BCUT2D eigenvalue weighted by molar-refractivity contribution is 0.0526. The Bertz CT molecular complexity index is 1120. The molecule has 0 unspecified atom stereocenters. The average Bonchev–Trinajstić information content (AvgIpc) is 3.22. The van der Waals surface area contributed by atoms with E-state index in [-0.39, 0.29) is 24.1 Å². The van der Waals surface area contributed by atoms with Crippen molar-refractivity contribution in [3.63, 3.8) is 0 Å². The molecule has 2 aromatic carbocycles. The lowest BCUT2D eigenvalue weighted by atomic mass is 10.1. The first kappa shape index (κ1) is 18.7. The van der Waals surface area contributed by atoms with Crippen LogP contribution >= 0.6 is 0 Å². The molecule has 0 atom stereocenters. The number of aryl methyl sites for hydroxylation is 2. The Morgan fingerprint density at radius 3 is 2.62 bits per heavy atom. The number of hydrogen-bond acceptors (Lipinski definition) is 5. The van der Waals surface area contributed by atoms with E-state index in [1.807, 2.05) is 26.0 Å². The third-order valence-corrected chi connectivity index (χ3v) is 5.13. The molecule has 3 N–H and O–H groups in total. The summed E-state index contributed by atoms with van der Waals surface area (Å²) >= 11 is 0. The molecule has 0 saturated heterocycles. The highest BCUT2D eigenvalue weighted by Crippen LogP contribution is 2.31. The number of aromatic nitrogens is 2. The van der Waals surface area contributed by atoms with Crippen LogP contribution in [0.15, 0.2) is 42.2 Å². The van der Waals surface area contributed by atoms with Crippen molar-refractivity contribution in [2.24, 2.45) is 0 Å². The van der Waals surface area contributed by atoms with Crippen LogP contribution in [0.1, 0.15) is 34.2 Å². The number of amidine groups is 1. The van der Waals surface area contributed by atoms with Crippen molar-refractivity contribution in [1.29, 1.82) is 5.41 Å². The number of rotatable bonds is 4. The molecule has 0 bridgehead atoms. The molecule has 0 saturated carbocycles. The highest BCUT2D eigenvalue weighted by Gasteiger charge is 2.31. The van der Waals surface area contributed by atoms with E-state index in [2.05, 4.69) is 9.97 Å². The van der Waals surface area contributed by atoms with Gasteiger partial charge in [-0.1, -0.05) is 0 Å². The van der Waals surface area contributed by atoms with Crippen LogP contribution < -0.4 is 4.90 Å². The number of H-pyrrole nitrogens is 1. The number of carbonyl (C=O) groups excluding carboxylic acids is 1. The zero-order valence-electron chi connectivity index (χ0n) is 16.5. The van der Waals surface area contributed by atoms with E-state index in [9.17, 15) is 9.90 Å². The zero-order valence-corrected chi connectivity index (χ0v) is 16.5. The fourth-order valence-corrected chi connectivity index (χ4v) is 3.43. The normalized spacial score (nSPS) is 14.2. The summed E-state index contributed by atoms with van der Waals surface area (Å²) < 4.78 is 5.00. The molecule has 4 rings (SSSR count). The van der Waals surface area contributed by atoms with Crippen molar-refractivity contribution in [3.8, 4) is 0 Å². The smallest absolute Gasteiger partial charge is 0.338 e. The lowest BCUT2D eigenvalue weighted by Gasteiger charge is -2.18. The van der Waals surface area contributed by atoms with Gasteiger partial charge in [0.05, 0.1) is 35.3 Å². The molecule has 0 amide bonds. The number of nitrogens with zero attached hydrogens (tertiary/aromatic N) is 2. The third-order valence-electron chi connectivity index (χ3n) is 5.13. The molecule has 1 aliphatic heterocycles. The van der Waals surface area contributed by atoms with E-state index in [4.69, 9.17) is 10.1 Å². The first-order valence-corrected chi connectivity index (χ1v) is 9.42. The topological polar surface area (TPSA) is 102 Å². The number of hydrogen-bond donors (Lipinski definition) is 3. The standard InChI is InChI=1S/C22H22N4O3/c1-4-29-22(28)14-5-7-15(8-6-14)26-11-18(27)19(20(26)23)21-24-16-9-12(2)13(3)10-17(16)25-21/h5-10,23,27H,4,11H2,1-3H3,(H,24,25). The number of imidazole rings is 1. The van der Waals surface area contributed by atoms with Crippen LogP contribution in [0.4, 0.5) is 5.69 Å². The van der Waals surface area contributed by atoms with Gasteiger partial charge in [0.25, 0.3) is 0 Å². The first-order valence-electron chi connectivity index (χ1n) is 9.42. The summed E-state index contributed by atoms with van der Waals surface area (Å²) in [5, 5.41) is 19.1. The van der Waals surface area contributed by atoms with Crippen molar-refractivity contribution in [1.82, 2.24) is 9.97 Å². The van der Waals surface area contributed by atoms with Gasteiger partial charge in [-0.3, -0.25) is 5.41 Å². The number of ether oxygens (including phenoxy) is 1. The fraction of sp³-hybridized carbons (Fsp3) is 0.227. The Hall–Kier alpha value is -3.61. The van der Waals surface area contributed by atoms with Crippen LogP contribution in [-0.4, -0.2) is 40.0 Å². The molecule has 1 aromatic heterocycles. The van der Waals surface area contributed by atoms with Gasteiger partial charge in [0, 0.05) is 5.69 Å². The molecule has 1 aliphatic rings. The number of benzene rings is 2. The van der Waals surface area contributed by atoms with Gasteiger partial charge in [0.1, 0.15) is 17.4 Å². The maximum atomic E-state index is 11.8. The summed E-state index contributed by atoms with van der Waals surface area (Å²) in [6.07, 6.45) is 0. The van der Waals surface area contributed by atoms with Crippen molar-refractivity contribution in [2.45, 2.75) is 20.8 Å². The van der Waals surface area contributed by atoms with Gasteiger partial charge >= 0.3 is 5.97 Å². The second-order valence-electron chi connectivity index (χ2n) is 7.06. The monoisotopic (exact) mass is 390 g/mol. The van der Waals surface area contributed by atoms with Crippen molar-refractivity contribution >= 4 is 34.1 Å². The number of esters is 1. The number of aliphatic hydroxyl groups is 1. The number of fused-ring (bicyclic) bond motifs is 1. The van der Waals surface area contributed by atoms with Gasteiger partial charge < -0.3 is 19.7 Å². The zero-order chi connectivity index (χ0) is 20.7. The lowest BCUT2D eigenvalue weighted by Crippen LogP contribution is -2.26. The van der Waals surface area contributed by atoms with Crippen LogP contribution in [0.2, 0.25) is 0 Å². The predicted molar refractivity (Wildman–Crippen MR) is 113 cm³/mol. The van der Waals surface area contributed by atoms with Crippen LogP contribution in [0.25, 0.3) is 16.6 Å². The van der Waals surface area contributed by atoms with Crippen LogP contribution in [0, 0.1) is 19.3 Å². The highest BCUT2D eigenvalue weighted by molar-refractivity contribution is 6.30. The van der Waals surface area contributed by atoms with Gasteiger partial charge in [-0.15, -0.1) is 0 Å². The summed E-state index contributed by atoms with van der Waals surface area (Å²) in [6.45, 7) is 6.30. The minimum atomic E-state index is -0.384. The fourth-order valence-electron chi connectivity index (χ4n) is 3.43. The maximum Gasteiger partial charge on any atom is 0.338 e. The Morgan fingerprint density at radius 2 is 1.93 bits per heavy atom. The number of aliphatic hydroxyl groups excluding tert-OH is 1. The van der Waals surface area contributed by atoms with E-state index >= 15 is 0 Å². The van der Waals surface area contributed by atoms with Crippen molar-refractivity contribution in [3.05, 3.63) is 64.7 Å². The maximum absolute atomic E-state index is 11.8. The minimum Gasteiger partial charge on any atom is -0.509 e. The molecule has 0 radical (unpaired) electrons. The van der Waals surface area contributed by atoms with Gasteiger partial charge in [-0.2, -0.15) is 0 Å². The SMILES string of the molecule is CCOC(=O)c1ccc(N2CC(O)=C(c3nc4cc(C)c(C)cc4[nH]3)C2=N)cc1. The van der Waals surface area contributed by atoms with Crippen molar-refractivity contribution < 1.29 is 14.6 Å². The van der Waals surface area contributed by atoms with Crippen LogP contribution in [0.5, 0.6) is 0 Å². The molecule has 29 heavy (non-hydrogen) atoms. The van der Waals surface area contributed by atoms with E-state index in [0.717, 1.165) is 22.2 Å². The highest BCUT2D eigenvalue weighted by atomic mass is 16.5. The van der Waals surface area contributed by atoms with Crippen molar-refractivity contribution in [2.75, 3.05) is 18.1 Å². The molecule has 7 nitrogen and oxygen atoms in total. The Balaban J connectivity index is 1.62. The van der Waals surface area contributed by atoms with E-state index in [1.165, 1.54) is 0 Å². The summed E-state index contributed by atoms with van der Waals surface area (Å²) in [6, 6.07) is 10.8. The Kier molecular flexibility index (Phi) is 4.58. The molecule has 0 fully saturated rings. The molecule has 7 heteroatoms. The van der Waals surface area contributed by atoms with Gasteiger partial charge in [-0.05, 0) is 68.3 Å². The predicted octanol–water partition coefficient (Wildman–Crippen LogP) is 4.12. The Morgan fingerprint density at radius 1 is 1.24 bits per heavy atom. The number of nitrogens with one attached hydrogen (secondary N) is 2. The van der Waals surface area contributed by atoms with Gasteiger partial charge in [-0.25, -0.2) is 9.78 Å². The molecular weight excluding hydrogens is 368 g/mol. The summed E-state index contributed by atoms with van der Waals surface area (Å²) in [5.74, 6) is 0.319. The average molecular weight is 390 g/mol. The van der Waals surface area contributed by atoms with Crippen LogP contribution in [0.3, 0.4) is 0 Å². The molecule has 148 valence electrons. The molecule has 2 heterocycles. The number of carbonyl (C=O) groups is 1. The molecule has 3 aromatic rings.